The standard InChI is InChI=1S/C13H17N3O/c1-2-11-3-5-12(6-4-11)9-16-10-13(7-8-17)14-15-16/h3-6,10,17H,2,7-9H2,1H3. The van der Waals surface area contributed by atoms with E-state index in [-0.39, 0.29) is 6.61 Å². The molecule has 2 aromatic rings. The summed E-state index contributed by atoms with van der Waals surface area (Å²) >= 11 is 0. The first kappa shape index (κ1) is 11.8. The van der Waals surface area contributed by atoms with E-state index in [1.54, 1.807) is 4.68 Å². The predicted octanol–water partition coefficient (Wildman–Crippen LogP) is 1.42. The molecule has 0 bridgehead atoms. The highest BCUT2D eigenvalue weighted by Gasteiger charge is 2.01. The van der Waals surface area contributed by atoms with Crippen molar-refractivity contribution in [2.24, 2.45) is 0 Å². The monoisotopic (exact) mass is 231 g/mol. The van der Waals surface area contributed by atoms with E-state index in [9.17, 15) is 0 Å². The Balaban J connectivity index is 2.03. The van der Waals surface area contributed by atoms with E-state index in [0.717, 1.165) is 18.7 Å². The Morgan fingerprint density at radius 3 is 2.53 bits per heavy atom. The number of aliphatic hydroxyl groups excluding tert-OH is 1. The van der Waals surface area contributed by atoms with Crippen LogP contribution in [0.5, 0.6) is 0 Å². The first-order chi connectivity index (χ1) is 8.31. The van der Waals surface area contributed by atoms with E-state index in [0.29, 0.717) is 6.42 Å². The van der Waals surface area contributed by atoms with Gasteiger partial charge in [-0.05, 0) is 17.5 Å². The molecule has 17 heavy (non-hydrogen) atoms. The highest BCUT2D eigenvalue weighted by atomic mass is 16.3. The van der Waals surface area contributed by atoms with Gasteiger partial charge in [-0.15, -0.1) is 5.10 Å². The lowest BCUT2D eigenvalue weighted by Crippen LogP contribution is -2.00. The molecule has 0 fully saturated rings. The molecule has 0 spiro atoms. The molecule has 1 N–H and O–H groups in total. The van der Waals surface area contributed by atoms with Crippen LogP contribution in [0, 0.1) is 0 Å². The van der Waals surface area contributed by atoms with Crippen molar-refractivity contribution in [2.75, 3.05) is 6.61 Å². The fraction of sp³-hybridized carbons (Fsp3) is 0.385. The minimum atomic E-state index is 0.115. The average Bonchev–Trinajstić information content (AvgIpc) is 2.78. The quantitative estimate of drug-likeness (QED) is 0.846. The van der Waals surface area contributed by atoms with E-state index < -0.39 is 0 Å². The van der Waals surface area contributed by atoms with Crippen LogP contribution in [0.3, 0.4) is 0 Å². The van der Waals surface area contributed by atoms with Crippen LogP contribution in [-0.4, -0.2) is 26.7 Å². The molecule has 0 aliphatic rings. The van der Waals surface area contributed by atoms with Gasteiger partial charge < -0.3 is 5.11 Å². The summed E-state index contributed by atoms with van der Waals surface area (Å²) in [4.78, 5) is 0. The Bertz CT molecular complexity index is 462. The maximum atomic E-state index is 8.80. The highest BCUT2D eigenvalue weighted by molar-refractivity contribution is 5.22. The number of aromatic nitrogens is 3. The topological polar surface area (TPSA) is 50.9 Å². The Hall–Kier alpha value is -1.68. The highest BCUT2D eigenvalue weighted by Crippen LogP contribution is 2.06. The zero-order chi connectivity index (χ0) is 12.1. The van der Waals surface area contributed by atoms with Crippen LogP contribution < -0.4 is 0 Å². The molecule has 0 aliphatic carbocycles. The van der Waals surface area contributed by atoms with Gasteiger partial charge in [-0.25, -0.2) is 4.68 Å². The van der Waals surface area contributed by atoms with Crippen LogP contribution in [0.1, 0.15) is 23.7 Å². The first-order valence-corrected chi connectivity index (χ1v) is 5.89. The second-order valence-corrected chi connectivity index (χ2v) is 4.05. The number of benzene rings is 1. The average molecular weight is 231 g/mol. The van der Waals surface area contributed by atoms with Crippen LogP contribution in [0.25, 0.3) is 0 Å². The van der Waals surface area contributed by atoms with E-state index in [2.05, 4.69) is 41.5 Å². The number of hydrogen-bond donors (Lipinski definition) is 1. The summed E-state index contributed by atoms with van der Waals surface area (Å²) in [6, 6.07) is 8.51. The van der Waals surface area contributed by atoms with Gasteiger partial charge in [-0.3, -0.25) is 0 Å². The molecular weight excluding hydrogens is 214 g/mol. The van der Waals surface area contributed by atoms with Crippen molar-refractivity contribution in [2.45, 2.75) is 26.3 Å². The molecule has 1 aromatic carbocycles. The zero-order valence-corrected chi connectivity index (χ0v) is 10.0. The summed E-state index contributed by atoms with van der Waals surface area (Å²) in [5.74, 6) is 0. The lowest BCUT2D eigenvalue weighted by Gasteiger charge is -2.02. The number of rotatable bonds is 5. The van der Waals surface area contributed by atoms with Gasteiger partial charge in [0.2, 0.25) is 0 Å². The minimum absolute atomic E-state index is 0.115. The Morgan fingerprint density at radius 1 is 1.18 bits per heavy atom. The third-order valence-corrected chi connectivity index (χ3v) is 2.73. The van der Waals surface area contributed by atoms with Gasteiger partial charge in [0, 0.05) is 19.2 Å². The normalized spacial score (nSPS) is 10.7. The molecule has 2 rings (SSSR count). The van der Waals surface area contributed by atoms with Gasteiger partial charge in [0.15, 0.2) is 0 Å². The molecule has 0 radical (unpaired) electrons. The molecule has 1 heterocycles. The van der Waals surface area contributed by atoms with E-state index in [4.69, 9.17) is 5.11 Å². The summed E-state index contributed by atoms with van der Waals surface area (Å²) < 4.78 is 1.80. The van der Waals surface area contributed by atoms with Crippen LogP contribution in [0.15, 0.2) is 30.5 Å². The van der Waals surface area contributed by atoms with Crippen molar-refractivity contribution in [3.63, 3.8) is 0 Å². The van der Waals surface area contributed by atoms with Crippen molar-refractivity contribution >= 4 is 0 Å². The Morgan fingerprint density at radius 2 is 1.88 bits per heavy atom. The van der Waals surface area contributed by atoms with Gasteiger partial charge in [-0.1, -0.05) is 36.4 Å². The van der Waals surface area contributed by atoms with Crippen molar-refractivity contribution in [3.05, 3.63) is 47.3 Å². The van der Waals surface area contributed by atoms with Crippen molar-refractivity contribution in [1.82, 2.24) is 15.0 Å². The fourth-order valence-electron chi connectivity index (χ4n) is 1.71. The Labute approximate surface area is 101 Å². The second-order valence-electron chi connectivity index (χ2n) is 4.05. The fourth-order valence-corrected chi connectivity index (χ4v) is 1.71. The molecular formula is C13H17N3O. The summed E-state index contributed by atoms with van der Waals surface area (Å²) in [5, 5.41) is 16.8. The number of hydrogen-bond acceptors (Lipinski definition) is 3. The molecule has 1 aromatic heterocycles. The summed E-state index contributed by atoms with van der Waals surface area (Å²) in [5.41, 5.74) is 3.38. The third kappa shape index (κ3) is 3.14. The van der Waals surface area contributed by atoms with Crippen LogP contribution >= 0.6 is 0 Å². The summed E-state index contributed by atoms with van der Waals surface area (Å²) in [7, 11) is 0. The maximum Gasteiger partial charge on any atom is 0.0850 e. The lowest BCUT2D eigenvalue weighted by atomic mass is 10.1. The second kappa shape index (κ2) is 5.59. The third-order valence-electron chi connectivity index (χ3n) is 2.73. The maximum absolute atomic E-state index is 8.80. The molecule has 0 amide bonds. The van der Waals surface area contributed by atoms with Gasteiger partial charge in [0.1, 0.15) is 0 Å². The Kier molecular flexibility index (Phi) is 3.88. The van der Waals surface area contributed by atoms with Gasteiger partial charge in [0.05, 0.1) is 12.2 Å². The molecule has 0 aliphatic heterocycles. The smallest absolute Gasteiger partial charge is 0.0850 e. The number of aliphatic hydroxyl groups is 1. The van der Waals surface area contributed by atoms with Crippen LogP contribution in [-0.2, 0) is 19.4 Å². The van der Waals surface area contributed by atoms with Crippen LogP contribution in [0.4, 0.5) is 0 Å². The molecule has 0 saturated heterocycles. The van der Waals surface area contributed by atoms with E-state index in [1.807, 2.05) is 6.20 Å². The van der Waals surface area contributed by atoms with Gasteiger partial charge in [-0.2, -0.15) is 0 Å². The minimum Gasteiger partial charge on any atom is -0.396 e. The molecule has 0 atom stereocenters. The van der Waals surface area contributed by atoms with Crippen molar-refractivity contribution < 1.29 is 5.11 Å². The molecule has 0 unspecified atom stereocenters. The number of aryl methyl sites for hydroxylation is 1. The van der Waals surface area contributed by atoms with Crippen LogP contribution in [0.2, 0.25) is 0 Å². The van der Waals surface area contributed by atoms with Crippen molar-refractivity contribution in [1.29, 1.82) is 0 Å². The summed E-state index contributed by atoms with van der Waals surface area (Å²) in [6.07, 6.45) is 3.50. The first-order valence-electron chi connectivity index (χ1n) is 5.89. The van der Waals surface area contributed by atoms with E-state index >= 15 is 0 Å². The van der Waals surface area contributed by atoms with Crippen molar-refractivity contribution in [3.8, 4) is 0 Å². The molecule has 4 heteroatoms. The van der Waals surface area contributed by atoms with Gasteiger partial charge in [0.25, 0.3) is 0 Å². The largest absolute Gasteiger partial charge is 0.396 e. The molecule has 90 valence electrons. The van der Waals surface area contributed by atoms with E-state index in [1.165, 1.54) is 11.1 Å². The number of nitrogens with zero attached hydrogens (tertiary/aromatic N) is 3. The van der Waals surface area contributed by atoms with Gasteiger partial charge >= 0.3 is 0 Å². The molecule has 0 saturated carbocycles. The SMILES string of the molecule is CCc1ccc(Cn2cc(CCO)nn2)cc1. The molecule has 4 nitrogen and oxygen atoms in total. The lowest BCUT2D eigenvalue weighted by molar-refractivity contribution is 0.298. The summed E-state index contributed by atoms with van der Waals surface area (Å²) in [6.45, 7) is 2.99. The zero-order valence-electron chi connectivity index (χ0n) is 10.0. The predicted molar refractivity (Wildman–Crippen MR) is 65.7 cm³/mol.